The van der Waals surface area contributed by atoms with Crippen molar-refractivity contribution in [1.29, 1.82) is 0 Å². The molecule has 2 aliphatic rings. The van der Waals surface area contributed by atoms with Crippen molar-refractivity contribution in [2.24, 2.45) is 5.92 Å². The van der Waals surface area contributed by atoms with Crippen LogP contribution in [0.2, 0.25) is 0 Å². The van der Waals surface area contributed by atoms with Crippen LogP contribution >= 0.6 is 0 Å². The van der Waals surface area contributed by atoms with Gasteiger partial charge in [0.05, 0.1) is 23.7 Å². The zero-order valence-electron chi connectivity index (χ0n) is 21.2. The molecule has 0 radical (unpaired) electrons. The number of hydrogen-bond donors (Lipinski definition) is 3. The normalized spacial score (nSPS) is 21.5. The fourth-order valence-electron chi connectivity index (χ4n) is 5.02. The van der Waals surface area contributed by atoms with Crippen LogP contribution in [0, 0.1) is 12.8 Å². The number of nitrogens with zero attached hydrogens (tertiary/aromatic N) is 2. The molecule has 2 fully saturated rings. The number of aryl methyl sites for hydroxylation is 1. The monoisotopic (exact) mass is 529 g/mol. The summed E-state index contributed by atoms with van der Waals surface area (Å²) < 4.78 is 47.7. The van der Waals surface area contributed by atoms with Crippen LogP contribution in [0.25, 0.3) is 22.3 Å². The lowest BCUT2D eigenvalue weighted by Crippen LogP contribution is -2.49. The van der Waals surface area contributed by atoms with Gasteiger partial charge in [0, 0.05) is 36.2 Å². The summed E-state index contributed by atoms with van der Waals surface area (Å²) in [5.74, 6) is 0.193. The molecule has 1 unspecified atom stereocenters. The average molecular weight is 530 g/mol. The summed E-state index contributed by atoms with van der Waals surface area (Å²) in [7, 11) is 0. The maximum Gasteiger partial charge on any atom is 0.263 e. The number of carbonyl (C=O) groups is 2. The SMILES string of the molecule is CC(=O)N[C@H]1CC[C@H](NC(=O)c2c(C)[nH]c3c(-c4cc(C(F)F)ccc4OCC4CC4)ncnc23)CC1F. The molecule has 0 bridgehead atoms. The van der Waals surface area contributed by atoms with Gasteiger partial charge in [-0.1, -0.05) is 0 Å². The lowest BCUT2D eigenvalue weighted by atomic mass is 9.89. The van der Waals surface area contributed by atoms with Gasteiger partial charge in [-0.15, -0.1) is 0 Å². The molecule has 2 amide bonds. The van der Waals surface area contributed by atoms with Crippen LogP contribution in [0.1, 0.15) is 67.1 Å². The van der Waals surface area contributed by atoms with Gasteiger partial charge >= 0.3 is 0 Å². The van der Waals surface area contributed by atoms with Gasteiger partial charge in [-0.25, -0.2) is 23.1 Å². The molecule has 0 saturated heterocycles. The zero-order chi connectivity index (χ0) is 27.0. The molecule has 2 heterocycles. The number of amides is 2. The number of ether oxygens (including phenoxy) is 1. The second-order valence-corrected chi connectivity index (χ2v) is 10.2. The Kier molecular flexibility index (Phi) is 7.27. The first kappa shape index (κ1) is 26.0. The van der Waals surface area contributed by atoms with Crippen LogP contribution < -0.4 is 15.4 Å². The van der Waals surface area contributed by atoms with Gasteiger partial charge in [-0.05, 0) is 56.7 Å². The topological polar surface area (TPSA) is 109 Å². The van der Waals surface area contributed by atoms with E-state index in [4.69, 9.17) is 4.74 Å². The third-order valence-electron chi connectivity index (χ3n) is 7.18. The van der Waals surface area contributed by atoms with Gasteiger partial charge in [-0.3, -0.25) is 9.59 Å². The first-order chi connectivity index (χ1) is 18.2. The standard InChI is InChI=1S/C27H30F3N5O3/c1-13-22(27(37)35-17-6-7-20(19(28)10-17)34-14(2)36)24-25(33-13)23(31-12-32-24)18-9-16(26(29)30)5-8-21(18)38-11-15-3-4-15/h5,8-9,12,15,17,19-20,26,33H,3-4,6-7,10-11H2,1-2H3,(H,34,36)(H,35,37)/t17-,19?,20-/m0/s1. The largest absolute Gasteiger partial charge is 0.493 e. The number of hydrogen-bond acceptors (Lipinski definition) is 5. The molecule has 38 heavy (non-hydrogen) atoms. The minimum absolute atomic E-state index is 0.0838. The summed E-state index contributed by atoms with van der Waals surface area (Å²) in [6.45, 7) is 3.56. The minimum atomic E-state index is -2.67. The molecule has 8 nitrogen and oxygen atoms in total. The first-order valence-electron chi connectivity index (χ1n) is 12.8. The Morgan fingerprint density at radius 3 is 2.63 bits per heavy atom. The van der Waals surface area contributed by atoms with Crippen molar-refractivity contribution in [3.8, 4) is 17.0 Å². The summed E-state index contributed by atoms with van der Waals surface area (Å²) in [6, 6.07) is 3.26. The summed E-state index contributed by atoms with van der Waals surface area (Å²) >= 11 is 0. The van der Waals surface area contributed by atoms with Crippen molar-refractivity contribution < 1.29 is 27.5 Å². The summed E-state index contributed by atoms with van der Waals surface area (Å²) in [5, 5.41) is 5.51. The van der Waals surface area contributed by atoms with Crippen molar-refractivity contribution in [2.75, 3.05) is 6.61 Å². The maximum atomic E-state index is 14.6. The highest BCUT2D eigenvalue weighted by molar-refractivity contribution is 6.09. The quantitative estimate of drug-likeness (QED) is 0.389. The Hall–Kier alpha value is -3.63. The molecular weight excluding hydrogens is 499 g/mol. The minimum Gasteiger partial charge on any atom is -0.493 e. The molecule has 3 N–H and O–H groups in total. The van der Waals surface area contributed by atoms with E-state index < -0.39 is 30.6 Å². The highest BCUT2D eigenvalue weighted by Gasteiger charge is 2.33. The van der Waals surface area contributed by atoms with Gasteiger partial charge < -0.3 is 20.4 Å². The number of H-pyrrole nitrogens is 1. The second-order valence-electron chi connectivity index (χ2n) is 10.2. The molecule has 2 aromatic heterocycles. The van der Waals surface area contributed by atoms with Crippen molar-refractivity contribution in [2.45, 2.75) is 70.6 Å². The summed E-state index contributed by atoms with van der Waals surface area (Å²) in [4.78, 5) is 36.4. The van der Waals surface area contributed by atoms with Crippen LogP contribution in [0.15, 0.2) is 24.5 Å². The smallest absolute Gasteiger partial charge is 0.263 e. The third kappa shape index (κ3) is 5.46. The van der Waals surface area contributed by atoms with Crippen molar-refractivity contribution in [3.63, 3.8) is 0 Å². The lowest BCUT2D eigenvalue weighted by molar-refractivity contribution is -0.120. The Morgan fingerprint density at radius 2 is 1.95 bits per heavy atom. The molecule has 1 aromatic carbocycles. The van der Waals surface area contributed by atoms with E-state index >= 15 is 0 Å². The number of carbonyl (C=O) groups excluding carboxylic acids is 2. The van der Waals surface area contributed by atoms with E-state index in [0.717, 1.165) is 12.8 Å². The number of aromatic nitrogens is 3. The van der Waals surface area contributed by atoms with E-state index in [-0.39, 0.29) is 23.5 Å². The van der Waals surface area contributed by atoms with Crippen molar-refractivity contribution in [1.82, 2.24) is 25.6 Å². The van der Waals surface area contributed by atoms with E-state index in [0.29, 0.717) is 59.1 Å². The van der Waals surface area contributed by atoms with E-state index in [9.17, 15) is 22.8 Å². The third-order valence-corrected chi connectivity index (χ3v) is 7.18. The molecule has 0 aliphatic heterocycles. The van der Waals surface area contributed by atoms with Gasteiger partial charge in [0.1, 0.15) is 29.5 Å². The fraction of sp³-hybridized carbons (Fsp3) is 0.481. The van der Waals surface area contributed by atoms with E-state index in [1.54, 1.807) is 6.92 Å². The van der Waals surface area contributed by atoms with Crippen LogP contribution in [-0.2, 0) is 4.79 Å². The van der Waals surface area contributed by atoms with E-state index in [2.05, 4.69) is 25.6 Å². The highest BCUT2D eigenvalue weighted by Crippen LogP contribution is 2.38. The fourth-order valence-corrected chi connectivity index (χ4v) is 5.02. The average Bonchev–Trinajstić information content (AvgIpc) is 3.63. The summed E-state index contributed by atoms with van der Waals surface area (Å²) in [6.07, 6.45) is 0.513. The summed E-state index contributed by atoms with van der Waals surface area (Å²) in [5.41, 5.74) is 2.15. The Bertz CT molecular complexity index is 1360. The van der Waals surface area contributed by atoms with Crippen LogP contribution in [0.4, 0.5) is 13.2 Å². The number of benzene rings is 1. The number of halogens is 3. The van der Waals surface area contributed by atoms with Crippen LogP contribution in [0.5, 0.6) is 5.75 Å². The zero-order valence-corrected chi connectivity index (χ0v) is 21.2. The van der Waals surface area contributed by atoms with Crippen molar-refractivity contribution in [3.05, 3.63) is 41.3 Å². The number of fused-ring (bicyclic) bond motifs is 1. The highest BCUT2D eigenvalue weighted by atomic mass is 19.3. The van der Waals surface area contributed by atoms with E-state index in [1.807, 2.05) is 0 Å². The Balaban J connectivity index is 1.43. The van der Waals surface area contributed by atoms with E-state index in [1.165, 1.54) is 31.5 Å². The van der Waals surface area contributed by atoms with Crippen LogP contribution in [-0.4, -0.2) is 51.6 Å². The Morgan fingerprint density at radius 1 is 1.16 bits per heavy atom. The molecule has 3 aromatic rings. The molecular formula is C27H30F3N5O3. The van der Waals surface area contributed by atoms with Gasteiger partial charge in [-0.2, -0.15) is 0 Å². The lowest BCUT2D eigenvalue weighted by Gasteiger charge is -2.32. The second kappa shape index (κ2) is 10.6. The molecule has 3 atom stereocenters. The number of nitrogens with one attached hydrogen (secondary N) is 3. The van der Waals surface area contributed by atoms with Gasteiger partial charge in [0.2, 0.25) is 5.91 Å². The number of aromatic amines is 1. The maximum absolute atomic E-state index is 14.6. The number of rotatable bonds is 8. The Labute approximate surface area is 217 Å². The van der Waals surface area contributed by atoms with Crippen molar-refractivity contribution >= 4 is 22.8 Å². The molecule has 5 rings (SSSR count). The van der Waals surface area contributed by atoms with Crippen LogP contribution in [0.3, 0.4) is 0 Å². The first-order valence-corrected chi connectivity index (χ1v) is 12.8. The van der Waals surface area contributed by atoms with Gasteiger partial charge in [0.15, 0.2) is 0 Å². The predicted molar refractivity (Wildman–Crippen MR) is 135 cm³/mol. The van der Waals surface area contributed by atoms with Gasteiger partial charge in [0.25, 0.3) is 12.3 Å². The molecule has 2 aliphatic carbocycles. The number of alkyl halides is 3. The molecule has 2 saturated carbocycles. The predicted octanol–water partition coefficient (Wildman–Crippen LogP) is 4.78. The molecule has 0 spiro atoms. The molecule has 202 valence electrons. The molecule has 11 heteroatoms.